The van der Waals surface area contributed by atoms with Crippen molar-refractivity contribution in [2.45, 2.75) is 26.3 Å². The highest BCUT2D eigenvalue weighted by Gasteiger charge is 2.26. The second-order valence-corrected chi connectivity index (χ2v) is 6.96. The van der Waals surface area contributed by atoms with Gasteiger partial charge in [-0.2, -0.15) is 0 Å². The maximum absolute atomic E-state index is 11.9. The SMILES string of the molecule is CC(C)NC(=O)c1ccc2c(c1)N(S(C)(=O)=O)CC2. The lowest BCUT2D eigenvalue weighted by atomic mass is 10.1. The van der Waals surface area contributed by atoms with Crippen LogP contribution in [0.3, 0.4) is 0 Å². The van der Waals surface area contributed by atoms with Gasteiger partial charge in [0.15, 0.2) is 0 Å². The summed E-state index contributed by atoms with van der Waals surface area (Å²) in [6.45, 7) is 4.21. The van der Waals surface area contributed by atoms with E-state index in [0.29, 0.717) is 24.2 Å². The summed E-state index contributed by atoms with van der Waals surface area (Å²) >= 11 is 0. The van der Waals surface area contributed by atoms with Crippen molar-refractivity contribution < 1.29 is 13.2 Å². The lowest BCUT2D eigenvalue weighted by molar-refractivity contribution is 0.0943. The minimum atomic E-state index is -3.28. The Morgan fingerprint density at radius 1 is 1.37 bits per heavy atom. The quantitative estimate of drug-likeness (QED) is 0.904. The summed E-state index contributed by atoms with van der Waals surface area (Å²) in [7, 11) is -3.28. The van der Waals surface area contributed by atoms with Crippen molar-refractivity contribution in [1.29, 1.82) is 0 Å². The van der Waals surface area contributed by atoms with Gasteiger partial charge in [-0.1, -0.05) is 6.07 Å². The summed E-state index contributed by atoms with van der Waals surface area (Å²) in [6, 6.07) is 5.27. The van der Waals surface area contributed by atoms with Crippen LogP contribution in [0.15, 0.2) is 18.2 Å². The topological polar surface area (TPSA) is 66.5 Å². The van der Waals surface area contributed by atoms with Crippen LogP contribution in [0.5, 0.6) is 0 Å². The number of carbonyl (C=O) groups is 1. The van der Waals surface area contributed by atoms with E-state index < -0.39 is 10.0 Å². The van der Waals surface area contributed by atoms with E-state index in [9.17, 15) is 13.2 Å². The first-order valence-corrected chi connectivity index (χ1v) is 8.05. The van der Waals surface area contributed by atoms with E-state index in [4.69, 9.17) is 0 Å². The number of hydrogen-bond donors (Lipinski definition) is 1. The molecule has 1 aliphatic rings. The van der Waals surface area contributed by atoms with Gasteiger partial charge in [-0.15, -0.1) is 0 Å². The number of amides is 1. The predicted octanol–water partition coefficient (Wildman–Crippen LogP) is 1.15. The van der Waals surface area contributed by atoms with E-state index in [1.165, 1.54) is 10.6 Å². The molecule has 1 heterocycles. The number of fused-ring (bicyclic) bond motifs is 1. The number of nitrogens with one attached hydrogen (secondary N) is 1. The Hall–Kier alpha value is -1.56. The molecule has 0 spiro atoms. The van der Waals surface area contributed by atoms with Crippen LogP contribution in [0, 0.1) is 0 Å². The molecule has 0 saturated carbocycles. The first-order valence-electron chi connectivity index (χ1n) is 6.20. The zero-order chi connectivity index (χ0) is 14.2. The van der Waals surface area contributed by atoms with Gasteiger partial charge < -0.3 is 5.32 Å². The summed E-state index contributed by atoms with van der Waals surface area (Å²) in [4.78, 5) is 11.9. The Kier molecular flexibility index (Phi) is 3.54. The predicted molar refractivity (Wildman–Crippen MR) is 74.9 cm³/mol. The van der Waals surface area contributed by atoms with E-state index in [-0.39, 0.29) is 11.9 Å². The molecule has 19 heavy (non-hydrogen) atoms. The molecule has 0 fully saturated rings. The molecular formula is C13H18N2O3S. The van der Waals surface area contributed by atoms with Crippen LogP contribution in [0.4, 0.5) is 5.69 Å². The second-order valence-electron chi connectivity index (χ2n) is 5.06. The molecule has 1 aliphatic heterocycles. The fourth-order valence-corrected chi connectivity index (χ4v) is 3.13. The Labute approximate surface area is 113 Å². The van der Waals surface area contributed by atoms with Gasteiger partial charge in [0.05, 0.1) is 11.9 Å². The van der Waals surface area contributed by atoms with Crippen LogP contribution in [-0.2, 0) is 16.4 Å². The number of carbonyl (C=O) groups excluding carboxylic acids is 1. The number of sulfonamides is 1. The summed E-state index contributed by atoms with van der Waals surface area (Å²) in [6.07, 6.45) is 1.87. The maximum atomic E-state index is 11.9. The largest absolute Gasteiger partial charge is 0.350 e. The molecule has 1 aromatic carbocycles. The lowest BCUT2D eigenvalue weighted by Crippen LogP contribution is -2.30. The molecule has 0 aromatic heterocycles. The van der Waals surface area contributed by atoms with E-state index in [1.54, 1.807) is 12.1 Å². The van der Waals surface area contributed by atoms with Crippen LogP contribution < -0.4 is 9.62 Å². The first kappa shape index (κ1) is 13.9. The van der Waals surface area contributed by atoms with Crippen LogP contribution >= 0.6 is 0 Å². The van der Waals surface area contributed by atoms with E-state index in [2.05, 4.69) is 5.32 Å². The van der Waals surface area contributed by atoms with Crippen molar-refractivity contribution >= 4 is 21.6 Å². The molecule has 0 saturated heterocycles. The normalized spacial score (nSPS) is 14.6. The van der Waals surface area contributed by atoms with Gasteiger partial charge in [0.25, 0.3) is 5.91 Å². The molecule has 1 amide bonds. The van der Waals surface area contributed by atoms with Crippen molar-refractivity contribution in [3.63, 3.8) is 0 Å². The fourth-order valence-electron chi connectivity index (χ4n) is 2.18. The van der Waals surface area contributed by atoms with E-state index >= 15 is 0 Å². The van der Waals surface area contributed by atoms with Crippen LogP contribution in [0.25, 0.3) is 0 Å². The Balaban J connectivity index is 2.36. The highest BCUT2D eigenvalue weighted by Crippen LogP contribution is 2.30. The van der Waals surface area contributed by atoms with Gasteiger partial charge in [-0.05, 0) is 38.0 Å². The Bertz CT molecular complexity index is 608. The number of nitrogens with zero attached hydrogens (tertiary/aromatic N) is 1. The molecule has 1 aromatic rings. The lowest BCUT2D eigenvalue weighted by Gasteiger charge is -2.17. The van der Waals surface area contributed by atoms with Gasteiger partial charge in [0.1, 0.15) is 0 Å². The molecule has 0 bridgehead atoms. The van der Waals surface area contributed by atoms with Gasteiger partial charge in [0.2, 0.25) is 10.0 Å². The number of benzene rings is 1. The molecule has 0 aliphatic carbocycles. The first-order chi connectivity index (χ1) is 8.79. The number of anilines is 1. The van der Waals surface area contributed by atoms with Crippen LogP contribution in [0.2, 0.25) is 0 Å². The fraction of sp³-hybridized carbons (Fsp3) is 0.462. The smallest absolute Gasteiger partial charge is 0.251 e. The third kappa shape index (κ3) is 2.89. The zero-order valence-corrected chi connectivity index (χ0v) is 12.1. The Morgan fingerprint density at radius 2 is 2.05 bits per heavy atom. The maximum Gasteiger partial charge on any atom is 0.251 e. The molecule has 5 nitrogen and oxygen atoms in total. The van der Waals surface area contributed by atoms with Crippen molar-refractivity contribution in [1.82, 2.24) is 5.32 Å². The van der Waals surface area contributed by atoms with Gasteiger partial charge in [-0.25, -0.2) is 8.42 Å². The summed E-state index contributed by atoms with van der Waals surface area (Å²) < 4.78 is 24.7. The van der Waals surface area contributed by atoms with Crippen molar-refractivity contribution in [3.8, 4) is 0 Å². The monoisotopic (exact) mass is 282 g/mol. The van der Waals surface area contributed by atoms with E-state index in [0.717, 1.165) is 5.56 Å². The molecule has 0 unspecified atom stereocenters. The summed E-state index contributed by atoms with van der Waals surface area (Å²) in [5.74, 6) is -0.182. The average Bonchev–Trinajstić information content (AvgIpc) is 2.69. The van der Waals surface area contributed by atoms with Crippen molar-refractivity contribution in [2.75, 3.05) is 17.1 Å². The highest BCUT2D eigenvalue weighted by atomic mass is 32.2. The van der Waals surface area contributed by atoms with Crippen LogP contribution in [0.1, 0.15) is 29.8 Å². The van der Waals surface area contributed by atoms with Crippen molar-refractivity contribution in [2.24, 2.45) is 0 Å². The minimum absolute atomic E-state index is 0.0479. The second kappa shape index (κ2) is 4.85. The summed E-state index contributed by atoms with van der Waals surface area (Å²) in [5.41, 5.74) is 2.08. The number of rotatable bonds is 3. The molecule has 0 radical (unpaired) electrons. The van der Waals surface area contributed by atoms with E-state index in [1.807, 2.05) is 19.9 Å². The molecule has 0 atom stereocenters. The standard InChI is InChI=1S/C13H18N2O3S/c1-9(2)14-13(16)11-5-4-10-6-7-15(12(10)8-11)19(3,17)18/h4-5,8-9H,6-7H2,1-3H3,(H,14,16). The third-order valence-electron chi connectivity index (χ3n) is 3.02. The highest BCUT2D eigenvalue weighted by molar-refractivity contribution is 7.92. The molecule has 2 rings (SSSR count). The minimum Gasteiger partial charge on any atom is -0.350 e. The Morgan fingerprint density at radius 3 is 2.63 bits per heavy atom. The molecule has 6 heteroatoms. The van der Waals surface area contributed by atoms with Crippen LogP contribution in [-0.4, -0.2) is 33.2 Å². The zero-order valence-electron chi connectivity index (χ0n) is 11.3. The third-order valence-corrected chi connectivity index (χ3v) is 4.20. The van der Waals surface area contributed by atoms with Gasteiger partial charge in [-0.3, -0.25) is 9.10 Å². The van der Waals surface area contributed by atoms with Gasteiger partial charge in [0, 0.05) is 18.2 Å². The van der Waals surface area contributed by atoms with Gasteiger partial charge >= 0.3 is 0 Å². The molecule has 104 valence electrons. The number of hydrogen-bond acceptors (Lipinski definition) is 3. The molecular weight excluding hydrogens is 264 g/mol. The average molecular weight is 282 g/mol. The van der Waals surface area contributed by atoms with Crippen molar-refractivity contribution in [3.05, 3.63) is 29.3 Å². The summed E-state index contributed by atoms with van der Waals surface area (Å²) in [5, 5.41) is 2.80. The molecule has 1 N–H and O–H groups in total.